The zero-order valence-electron chi connectivity index (χ0n) is 16.2. The van der Waals surface area contributed by atoms with Crippen LogP contribution in [0, 0.1) is 5.41 Å². The van der Waals surface area contributed by atoms with Crippen molar-refractivity contribution in [1.82, 2.24) is 9.80 Å². The van der Waals surface area contributed by atoms with Gasteiger partial charge in [-0.15, -0.1) is 0 Å². The lowest BCUT2D eigenvalue weighted by Crippen LogP contribution is -2.64. The van der Waals surface area contributed by atoms with Crippen LogP contribution in [0.2, 0.25) is 0 Å². The number of nitrogens with zero attached hydrogens (tertiary/aromatic N) is 2. The molecule has 7 heteroatoms. The summed E-state index contributed by atoms with van der Waals surface area (Å²) in [6.07, 6.45) is -0.0433. The van der Waals surface area contributed by atoms with Crippen molar-refractivity contribution in [3.8, 4) is 0 Å². The molecule has 0 aromatic heterocycles. The monoisotopic (exact) mass is 376 g/mol. The van der Waals surface area contributed by atoms with Gasteiger partial charge in [-0.3, -0.25) is 0 Å². The van der Waals surface area contributed by atoms with Gasteiger partial charge in [0.25, 0.3) is 0 Å². The molecule has 0 saturated carbocycles. The summed E-state index contributed by atoms with van der Waals surface area (Å²) in [5, 5.41) is 9.90. The molecule has 2 aliphatic heterocycles. The predicted molar refractivity (Wildman–Crippen MR) is 99.1 cm³/mol. The van der Waals surface area contributed by atoms with Gasteiger partial charge in [-0.05, 0) is 32.8 Å². The summed E-state index contributed by atoms with van der Waals surface area (Å²) in [6, 6.07) is 9.14. The largest absolute Gasteiger partial charge is 0.445 e. The molecule has 0 radical (unpaired) electrons. The van der Waals surface area contributed by atoms with Gasteiger partial charge < -0.3 is 24.4 Å². The zero-order valence-corrected chi connectivity index (χ0v) is 16.2. The first-order valence-electron chi connectivity index (χ1n) is 9.30. The highest BCUT2D eigenvalue weighted by molar-refractivity contribution is 5.71. The van der Waals surface area contributed by atoms with Crippen molar-refractivity contribution in [2.75, 3.05) is 26.2 Å². The first-order chi connectivity index (χ1) is 12.7. The van der Waals surface area contributed by atoms with Crippen LogP contribution < -0.4 is 0 Å². The minimum Gasteiger partial charge on any atom is -0.445 e. The van der Waals surface area contributed by atoms with Gasteiger partial charge >= 0.3 is 12.2 Å². The molecule has 148 valence electrons. The molecule has 1 aromatic carbocycles. The van der Waals surface area contributed by atoms with Crippen LogP contribution in [0.5, 0.6) is 0 Å². The van der Waals surface area contributed by atoms with Crippen molar-refractivity contribution >= 4 is 12.2 Å². The molecule has 2 fully saturated rings. The summed E-state index contributed by atoms with van der Waals surface area (Å²) < 4.78 is 10.8. The number of ether oxygens (including phenoxy) is 2. The van der Waals surface area contributed by atoms with Crippen LogP contribution in [-0.4, -0.2) is 65.0 Å². The van der Waals surface area contributed by atoms with E-state index < -0.39 is 11.7 Å². The van der Waals surface area contributed by atoms with E-state index in [-0.39, 0.29) is 30.8 Å². The SMILES string of the molecule is CC(C)(C)OC(=O)N1CC2(CCN(C(=O)OCc3ccccc3)C2CO)C1. The van der Waals surface area contributed by atoms with E-state index in [4.69, 9.17) is 9.47 Å². The number of carbonyl (C=O) groups is 2. The number of rotatable bonds is 3. The summed E-state index contributed by atoms with van der Waals surface area (Å²) in [5.74, 6) is 0. The van der Waals surface area contributed by atoms with Crippen LogP contribution in [0.3, 0.4) is 0 Å². The minimum atomic E-state index is -0.542. The fourth-order valence-electron chi connectivity index (χ4n) is 3.85. The van der Waals surface area contributed by atoms with Crippen molar-refractivity contribution in [2.45, 2.75) is 45.4 Å². The van der Waals surface area contributed by atoms with Gasteiger partial charge in [-0.1, -0.05) is 30.3 Å². The molecule has 27 heavy (non-hydrogen) atoms. The van der Waals surface area contributed by atoms with Gasteiger partial charge in [-0.25, -0.2) is 9.59 Å². The summed E-state index contributed by atoms with van der Waals surface area (Å²) in [4.78, 5) is 27.9. The second-order valence-corrected chi connectivity index (χ2v) is 8.38. The smallest absolute Gasteiger partial charge is 0.410 e. The lowest BCUT2D eigenvalue weighted by Gasteiger charge is -2.51. The molecule has 1 spiro atoms. The van der Waals surface area contributed by atoms with Crippen LogP contribution in [-0.2, 0) is 16.1 Å². The third-order valence-corrected chi connectivity index (χ3v) is 5.21. The van der Waals surface area contributed by atoms with E-state index in [0.29, 0.717) is 19.6 Å². The van der Waals surface area contributed by atoms with Gasteiger partial charge in [0.15, 0.2) is 0 Å². The number of carbonyl (C=O) groups excluding carboxylic acids is 2. The quantitative estimate of drug-likeness (QED) is 0.877. The van der Waals surface area contributed by atoms with E-state index in [1.54, 1.807) is 9.80 Å². The molecule has 0 bridgehead atoms. The number of aliphatic hydroxyl groups excluding tert-OH is 1. The molecule has 2 amide bonds. The van der Waals surface area contributed by atoms with Crippen molar-refractivity contribution in [3.05, 3.63) is 35.9 Å². The van der Waals surface area contributed by atoms with Crippen molar-refractivity contribution < 1.29 is 24.2 Å². The summed E-state index contributed by atoms with van der Waals surface area (Å²) in [7, 11) is 0. The molecule has 2 heterocycles. The Hall–Kier alpha value is -2.28. The highest BCUT2D eigenvalue weighted by Gasteiger charge is 2.57. The van der Waals surface area contributed by atoms with Crippen LogP contribution in [0.15, 0.2) is 30.3 Å². The maximum atomic E-state index is 12.5. The van der Waals surface area contributed by atoms with E-state index in [1.165, 1.54) is 0 Å². The number of hydrogen-bond acceptors (Lipinski definition) is 5. The number of amides is 2. The molecule has 0 aliphatic carbocycles. The molecule has 2 saturated heterocycles. The first-order valence-corrected chi connectivity index (χ1v) is 9.30. The van der Waals surface area contributed by atoms with E-state index in [0.717, 1.165) is 12.0 Å². The Morgan fingerprint density at radius 3 is 2.44 bits per heavy atom. The predicted octanol–water partition coefficient (Wildman–Crippen LogP) is 2.63. The third kappa shape index (κ3) is 4.18. The van der Waals surface area contributed by atoms with Gasteiger partial charge in [0.1, 0.15) is 12.2 Å². The highest BCUT2D eigenvalue weighted by atomic mass is 16.6. The molecule has 1 atom stereocenters. The lowest BCUT2D eigenvalue weighted by molar-refractivity contribution is -0.0559. The van der Waals surface area contributed by atoms with Crippen molar-refractivity contribution in [2.24, 2.45) is 5.41 Å². The van der Waals surface area contributed by atoms with E-state index in [1.807, 2.05) is 51.1 Å². The van der Waals surface area contributed by atoms with Gasteiger partial charge in [0.05, 0.1) is 12.6 Å². The van der Waals surface area contributed by atoms with Crippen LogP contribution in [0.4, 0.5) is 9.59 Å². The fourth-order valence-corrected chi connectivity index (χ4v) is 3.85. The van der Waals surface area contributed by atoms with E-state index in [9.17, 15) is 14.7 Å². The van der Waals surface area contributed by atoms with Gasteiger partial charge in [0, 0.05) is 25.0 Å². The highest BCUT2D eigenvalue weighted by Crippen LogP contribution is 2.45. The average Bonchev–Trinajstić information content (AvgIpc) is 2.97. The molecular formula is C20H28N2O5. The Balaban J connectivity index is 1.56. The van der Waals surface area contributed by atoms with Gasteiger partial charge in [0.2, 0.25) is 0 Å². The minimum absolute atomic E-state index is 0.150. The Kier molecular flexibility index (Phi) is 5.33. The standard InChI is InChI=1S/C20H28N2O5/c1-19(2,3)27-17(24)21-13-20(14-21)9-10-22(16(20)11-23)18(25)26-12-15-7-5-4-6-8-15/h4-8,16,23H,9-14H2,1-3H3. The summed E-state index contributed by atoms with van der Waals surface area (Å²) in [5.41, 5.74) is 0.0939. The van der Waals surface area contributed by atoms with E-state index in [2.05, 4.69) is 0 Å². The Morgan fingerprint density at radius 1 is 1.19 bits per heavy atom. The first kappa shape index (κ1) is 19.5. The summed E-state index contributed by atoms with van der Waals surface area (Å²) >= 11 is 0. The van der Waals surface area contributed by atoms with Crippen LogP contribution in [0.1, 0.15) is 32.8 Å². The number of aliphatic hydroxyl groups is 1. The molecule has 7 nitrogen and oxygen atoms in total. The molecule has 2 aliphatic rings. The normalized spacial score (nSPS) is 21.1. The topological polar surface area (TPSA) is 79.3 Å². The maximum absolute atomic E-state index is 12.5. The number of hydrogen-bond donors (Lipinski definition) is 1. The summed E-state index contributed by atoms with van der Waals surface area (Å²) in [6.45, 7) is 7.02. The Labute approximate surface area is 159 Å². The van der Waals surface area contributed by atoms with Gasteiger partial charge in [-0.2, -0.15) is 0 Å². The van der Waals surface area contributed by atoms with Crippen LogP contribution in [0.25, 0.3) is 0 Å². The van der Waals surface area contributed by atoms with E-state index >= 15 is 0 Å². The number of benzene rings is 1. The Bertz CT molecular complexity index is 679. The number of likely N-dealkylation sites (tertiary alicyclic amines) is 2. The Morgan fingerprint density at radius 2 is 1.85 bits per heavy atom. The van der Waals surface area contributed by atoms with Crippen LogP contribution >= 0.6 is 0 Å². The maximum Gasteiger partial charge on any atom is 0.410 e. The average molecular weight is 376 g/mol. The molecule has 1 aromatic rings. The molecule has 1 unspecified atom stereocenters. The zero-order chi connectivity index (χ0) is 19.7. The molecule has 3 rings (SSSR count). The lowest BCUT2D eigenvalue weighted by atomic mass is 9.73. The second kappa shape index (κ2) is 7.38. The van der Waals surface area contributed by atoms with Crippen molar-refractivity contribution in [1.29, 1.82) is 0 Å². The fraction of sp³-hybridized carbons (Fsp3) is 0.600. The van der Waals surface area contributed by atoms with Crippen molar-refractivity contribution in [3.63, 3.8) is 0 Å². The molecular weight excluding hydrogens is 348 g/mol. The third-order valence-electron chi connectivity index (χ3n) is 5.21. The second-order valence-electron chi connectivity index (χ2n) is 8.38. The molecule has 1 N–H and O–H groups in total.